The van der Waals surface area contributed by atoms with Crippen molar-refractivity contribution in [1.29, 1.82) is 0 Å². The number of piperazine rings is 1. The number of hydrogen-bond donors (Lipinski definition) is 0. The van der Waals surface area contributed by atoms with E-state index in [9.17, 15) is 9.59 Å². The smallest absolute Gasteiger partial charge is 0.282 e. The van der Waals surface area contributed by atoms with E-state index in [0.29, 0.717) is 30.7 Å². The van der Waals surface area contributed by atoms with Crippen molar-refractivity contribution in [1.82, 2.24) is 14.7 Å². The third-order valence-electron chi connectivity index (χ3n) is 3.70. The van der Waals surface area contributed by atoms with Crippen LogP contribution in [0.4, 0.5) is 5.69 Å². The fourth-order valence-corrected chi connectivity index (χ4v) is 3.73. The molecule has 1 saturated heterocycles. The SMILES string of the molecule is Cn1ncc(N2CCN(C(=O)c3cccs3)CC2)c(Br)c1=O. The lowest BCUT2D eigenvalue weighted by molar-refractivity contribution is 0.0751. The Bertz CT molecular complexity index is 736. The number of aryl methyl sites for hydroxylation is 1. The molecule has 0 aromatic carbocycles. The normalized spacial score (nSPS) is 15.2. The summed E-state index contributed by atoms with van der Waals surface area (Å²) in [6, 6.07) is 3.73. The van der Waals surface area contributed by atoms with Crippen molar-refractivity contribution in [3.63, 3.8) is 0 Å². The highest BCUT2D eigenvalue weighted by molar-refractivity contribution is 9.10. The minimum atomic E-state index is -0.158. The van der Waals surface area contributed by atoms with Gasteiger partial charge in [0, 0.05) is 33.2 Å². The standard InChI is InChI=1S/C14H15BrN4O2S/c1-17-14(21)12(15)10(9-16-17)18-4-6-19(7-5-18)13(20)11-3-2-8-22-11/h2-3,8-9H,4-7H2,1H3. The van der Waals surface area contributed by atoms with Crippen molar-refractivity contribution in [2.24, 2.45) is 7.05 Å². The molecule has 1 aliphatic heterocycles. The molecule has 0 N–H and O–H groups in total. The largest absolute Gasteiger partial charge is 0.366 e. The number of rotatable bonds is 2. The Morgan fingerprint density at radius 2 is 2.05 bits per heavy atom. The van der Waals surface area contributed by atoms with E-state index < -0.39 is 0 Å². The molecule has 0 unspecified atom stereocenters. The van der Waals surface area contributed by atoms with Gasteiger partial charge in [-0.15, -0.1) is 11.3 Å². The van der Waals surface area contributed by atoms with Crippen molar-refractivity contribution in [2.45, 2.75) is 0 Å². The van der Waals surface area contributed by atoms with Gasteiger partial charge in [-0.3, -0.25) is 9.59 Å². The predicted octanol–water partition coefficient (Wildman–Crippen LogP) is 1.57. The number of nitrogens with zero attached hydrogens (tertiary/aromatic N) is 4. The van der Waals surface area contributed by atoms with E-state index in [1.54, 1.807) is 13.2 Å². The van der Waals surface area contributed by atoms with Crippen LogP contribution in [0.3, 0.4) is 0 Å². The van der Waals surface area contributed by atoms with E-state index in [2.05, 4.69) is 25.9 Å². The molecule has 8 heteroatoms. The lowest BCUT2D eigenvalue weighted by Gasteiger charge is -2.36. The van der Waals surface area contributed by atoms with Gasteiger partial charge in [-0.2, -0.15) is 5.10 Å². The maximum Gasteiger partial charge on any atom is 0.282 e. The molecule has 1 fully saturated rings. The second kappa shape index (κ2) is 6.21. The molecule has 3 heterocycles. The Hall–Kier alpha value is -1.67. The zero-order chi connectivity index (χ0) is 15.7. The number of thiophene rings is 1. The van der Waals surface area contributed by atoms with Crippen LogP contribution >= 0.6 is 27.3 Å². The molecule has 2 aromatic heterocycles. The van der Waals surface area contributed by atoms with Crippen LogP contribution in [-0.4, -0.2) is 46.8 Å². The average Bonchev–Trinajstić information content (AvgIpc) is 3.07. The van der Waals surface area contributed by atoms with Gasteiger partial charge in [-0.05, 0) is 27.4 Å². The number of carbonyl (C=O) groups excluding carboxylic acids is 1. The first-order valence-corrected chi connectivity index (χ1v) is 8.54. The molecule has 2 aromatic rings. The second-order valence-electron chi connectivity index (χ2n) is 5.03. The van der Waals surface area contributed by atoms with Crippen LogP contribution in [0.5, 0.6) is 0 Å². The first-order valence-electron chi connectivity index (χ1n) is 6.87. The highest BCUT2D eigenvalue weighted by Gasteiger charge is 2.24. The first kappa shape index (κ1) is 15.2. The van der Waals surface area contributed by atoms with E-state index >= 15 is 0 Å². The molecule has 1 amide bonds. The molecule has 0 aliphatic carbocycles. The van der Waals surface area contributed by atoms with Crippen LogP contribution in [-0.2, 0) is 7.05 Å². The van der Waals surface area contributed by atoms with Gasteiger partial charge in [-0.25, -0.2) is 4.68 Å². The van der Waals surface area contributed by atoms with Gasteiger partial charge >= 0.3 is 0 Å². The van der Waals surface area contributed by atoms with Gasteiger partial charge in [0.05, 0.1) is 16.8 Å². The van der Waals surface area contributed by atoms with E-state index in [1.165, 1.54) is 16.0 Å². The van der Waals surface area contributed by atoms with E-state index in [4.69, 9.17) is 0 Å². The lowest BCUT2D eigenvalue weighted by Crippen LogP contribution is -2.49. The Balaban J connectivity index is 1.71. The summed E-state index contributed by atoms with van der Waals surface area (Å²) in [5.74, 6) is 0.0795. The summed E-state index contributed by atoms with van der Waals surface area (Å²) in [5.41, 5.74) is 0.626. The molecule has 6 nitrogen and oxygen atoms in total. The third-order valence-corrected chi connectivity index (χ3v) is 5.30. The minimum Gasteiger partial charge on any atom is -0.366 e. The van der Waals surface area contributed by atoms with Gasteiger partial charge in [0.15, 0.2) is 0 Å². The van der Waals surface area contributed by atoms with E-state index in [-0.39, 0.29) is 11.5 Å². The molecule has 116 valence electrons. The number of anilines is 1. The maximum absolute atomic E-state index is 12.3. The van der Waals surface area contributed by atoms with Gasteiger partial charge in [-0.1, -0.05) is 6.07 Å². The molecule has 3 rings (SSSR count). The molecule has 22 heavy (non-hydrogen) atoms. The fraction of sp³-hybridized carbons (Fsp3) is 0.357. The third kappa shape index (κ3) is 2.80. The molecular formula is C14H15BrN4O2S. The van der Waals surface area contributed by atoms with Crippen LogP contribution in [0.1, 0.15) is 9.67 Å². The maximum atomic E-state index is 12.3. The summed E-state index contributed by atoms with van der Waals surface area (Å²) in [7, 11) is 1.62. The first-order chi connectivity index (χ1) is 10.6. The molecule has 0 bridgehead atoms. The highest BCUT2D eigenvalue weighted by atomic mass is 79.9. The second-order valence-corrected chi connectivity index (χ2v) is 6.77. The molecule has 0 spiro atoms. The Labute approximate surface area is 140 Å². The average molecular weight is 383 g/mol. The van der Waals surface area contributed by atoms with Crippen LogP contribution in [0.2, 0.25) is 0 Å². The minimum absolute atomic E-state index is 0.0795. The zero-order valence-corrected chi connectivity index (χ0v) is 14.4. The molecular weight excluding hydrogens is 368 g/mol. The molecule has 0 saturated carbocycles. The summed E-state index contributed by atoms with van der Waals surface area (Å²) in [6.07, 6.45) is 1.68. The van der Waals surface area contributed by atoms with E-state index in [1.807, 2.05) is 22.4 Å². The molecule has 0 atom stereocenters. The van der Waals surface area contributed by atoms with Crippen molar-refractivity contribution < 1.29 is 4.79 Å². The Morgan fingerprint density at radius 1 is 1.32 bits per heavy atom. The van der Waals surface area contributed by atoms with Crippen LogP contribution in [0.25, 0.3) is 0 Å². The topological polar surface area (TPSA) is 58.4 Å². The summed E-state index contributed by atoms with van der Waals surface area (Å²) in [4.78, 5) is 28.9. The van der Waals surface area contributed by atoms with Crippen LogP contribution in [0.15, 0.2) is 33.0 Å². The number of carbonyl (C=O) groups is 1. The fourth-order valence-electron chi connectivity index (χ4n) is 2.43. The zero-order valence-electron chi connectivity index (χ0n) is 12.0. The lowest BCUT2D eigenvalue weighted by atomic mass is 10.2. The number of hydrogen-bond acceptors (Lipinski definition) is 5. The van der Waals surface area contributed by atoms with E-state index in [0.717, 1.165) is 10.6 Å². The summed E-state index contributed by atoms with van der Waals surface area (Å²) < 4.78 is 1.81. The van der Waals surface area contributed by atoms with Gasteiger partial charge in [0.1, 0.15) is 4.47 Å². The Kier molecular flexibility index (Phi) is 4.30. The van der Waals surface area contributed by atoms with Crippen LogP contribution < -0.4 is 10.5 Å². The van der Waals surface area contributed by atoms with Crippen molar-refractivity contribution in [3.8, 4) is 0 Å². The summed E-state index contributed by atoms with van der Waals surface area (Å²) >= 11 is 4.81. The quantitative estimate of drug-likeness (QED) is 0.790. The monoisotopic (exact) mass is 382 g/mol. The van der Waals surface area contributed by atoms with Crippen LogP contribution in [0, 0.1) is 0 Å². The van der Waals surface area contributed by atoms with Crippen molar-refractivity contribution in [2.75, 3.05) is 31.1 Å². The van der Waals surface area contributed by atoms with Gasteiger partial charge < -0.3 is 9.80 Å². The number of halogens is 1. The summed E-state index contributed by atoms with van der Waals surface area (Å²) in [5, 5.41) is 5.97. The molecule has 0 radical (unpaired) electrons. The van der Waals surface area contributed by atoms with Crippen molar-refractivity contribution >= 4 is 38.9 Å². The van der Waals surface area contributed by atoms with Gasteiger partial charge in [0.25, 0.3) is 11.5 Å². The summed E-state index contributed by atoms with van der Waals surface area (Å²) in [6.45, 7) is 2.64. The van der Waals surface area contributed by atoms with Crippen molar-refractivity contribution in [3.05, 3.63) is 43.4 Å². The number of aromatic nitrogens is 2. The highest BCUT2D eigenvalue weighted by Crippen LogP contribution is 2.23. The number of amides is 1. The predicted molar refractivity (Wildman–Crippen MR) is 89.6 cm³/mol. The Morgan fingerprint density at radius 3 is 2.68 bits per heavy atom. The molecule has 1 aliphatic rings. The van der Waals surface area contributed by atoms with Gasteiger partial charge in [0.2, 0.25) is 0 Å².